The van der Waals surface area contributed by atoms with Crippen LogP contribution >= 0.6 is 0 Å². The van der Waals surface area contributed by atoms with Crippen LogP contribution in [0.5, 0.6) is 0 Å². The van der Waals surface area contributed by atoms with Crippen LogP contribution in [0, 0.1) is 12.8 Å². The molecule has 0 aromatic heterocycles. The van der Waals surface area contributed by atoms with Crippen molar-refractivity contribution < 1.29 is 19.2 Å². The van der Waals surface area contributed by atoms with Crippen molar-refractivity contribution in [2.24, 2.45) is 5.92 Å². The van der Waals surface area contributed by atoms with Crippen molar-refractivity contribution in [2.75, 3.05) is 4.90 Å². The van der Waals surface area contributed by atoms with E-state index in [1.165, 1.54) is 0 Å². The average molecular weight is 260 g/mol. The molecule has 0 aliphatic carbocycles. The van der Waals surface area contributed by atoms with Crippen LogP contribution in [0.15, 0.2) is 24.3 Å². The molecule has 0 saturated carbocycles. The van der Waals surface area contributed by atoms with E-state index < -0.39 is 29.5 Å². The van der Waals surface area contributed by atoms with Crippen molar-refractivity contribution in [2.45, 2.75) is 13.8 Å². The second kappa shape index (κ2) is 4.64. The molecule has 0 bridgehead atoms. The molecule has 6 heteroatoms. The maximum Gasteiger partial charge on any atom is 0.335 e. The van der Waals surface area contributed by atoms with Crippen LogP contribution in [0.2, 0.25) is 0 Å². The first-order chi connectivity index (χ1) is 8.91. The Hall–Kier alpha value is -2.50. The van der Waals surface area contributed by atoms with Gasteiger partial charge in [-0.15, -0.1) is 0 Å². The Morgan fingerprint density at radius 3 is 2.26 bits per heavy atom. The number of carbonyl (C=O) groups is 4. The van der Waals surface area contributed by atoms with E-state index in [0.717, 1.165) is 17.4 Å². The first-order valence-corrected chi connectivity index (χ1v) is 5.67. The molecule has 1 saturated heterocycles. The van der Waals surface area contributed by atoms with Gasteiger partial charge in [0, 0.05) is 0 Å². The molecular formula is C13H12N2O4. The highest BCUT2D eigenvalue weighted by Crippen LogP contribution is 2.21. The molecule has 1 aliphatic heterocycles. The minimum atomic E-state index is -1.46. The van der Waals surface area contributed by atoms with Crippen LogP contribution in [0.3, 0.4) is 0 Å². The SMILES string of the molecule is CC(=O)C1C(=O)NC(=O)N(c2ccc(C)cc2)C1=O. The number of ketones is 1. The third-order valence-electron chi connectivity index (χ3n) is 2.86. The molecule has 19 heavy (non-hydrogen) atoms. The fraction of sp³-hybridized carbons (Fsp3) is 0.231. The summed E-state index contributed by atoms with van der Waals surface area (Å²) in [5.41, 5.74) is 1.29. The number of barbiturate groups is 1. The lowest BCUT2D eigenvalue weighted by Gasteiger charge is -2.28. The Balaban J connectivity index is 2.41. The fourth-order valence-electron chi connectivity index (χ4n) is 1.87. The molecule has 1 aromatic rings. The van der Waals surface area contributed by atoms with Crippen LogP contribution in [0.25, 0.3) is 0 Å². The Labute approximate surface area is 109 Å². The first kappa shape index (κ1) is 12.9. The Bertz CT molecular complexity index is 577. The summed E-state index contributed by atoms with van der Waals surface area (Å²) in [7, 11) is 0. The van der Waals surface area contributed by atoms with Gasteiger partial charge < -0.3 is 0 Å². The molecule has 1 unspecified atom stereocenters. The summed E-state index contributed by atoms with van der Waals surface area (Å²) in [4.78, 5) is 47.5. The van der Waals surface area contributed by atoms with E-state index >= 15 is 0 Å². The number of hydrogen-bond donors (Lipinski definition) is 1. The Kier molecular flexibility index (Phi) is 3.16. The summed E-state index contributed by atoms with van der Waals surface area (Å²) in [6.07, 6.45) is 0. The lowest BCUT2D eigenvalue weighted by molar-refractivity contribution is -0.140. The van der Waals surface area contributed by atoms with Gasteiger partial charge in [-0.05, 0) is 26.0 Å². The number of nitrogens with one attached hydrogen (secondary N) is 1. The monoisotopic (exact) mass is 260 g/mol. The summed E-state index contributed by atoms with van der Waals surface area (Å²) in [6, 6.07) is 5.79. The van der Waals surface area contributed by atoms with Crippen LogP contribution < -0.4 is 10.2 Å². The molecule has 6 nitrogen and oxygen atoms in total. The van der Waals surface area contributed by atoms with Crippen molar-refractivity contribution in [1.29, 1.82) is 0 Å². The van der Waals surface area contributed by atoms with Gasteiger partial charge >= 0.3 is 6.03 Å². The number of urea groups is 1. The first-order valence-electron chi connectivity index (χ1n) is 5.67. The van der Waals surface area contributed by atoms with E-state index in [1.807, 2.05) is 12.2 Å². The smallest absolute Gasteiger partial charge is 0.299 e. The van der Waals surface area contributed by atoms with Crippen molar-refractivity contribution in [3.8, 4) is 0 Å². The minimum absolute atomic E-state index is 0.326. The maximum absolute atomic E-state index is 12.1. The number of carbonyl (C=O) groups excluding carboxylic acids is 4. The predicted octanol–water partition coefficient (Wildman–Crippen LogP) is 0.783. The molecule has 4 amide bonds. The van der Waals surface area contributed by atoms with E-state index in [1.54, 1.807) is 24.3 Å². The topological polar surface area (TPSA) is 83.6 Å². The molecule has 1 aromatic carbocycles. The molecule has 0 radical (unpaired) electrons. The van der Waals surface area contributed by atoms with Crippen molar-refractivity contribution >= 4 is 29.3 Å². The zero-order valence-corrected chi connectivity index (χ0v) is 10.5. The van der Waals surface area contributed by atoms with Crippen LogP contribution in [-0.2, 0) is 14.4 Å². The van der Waals surface area contributed by atoms with E-state index in [4.69, 9.17) is 0 Å². The van der Waals surface area contributed by atoms with E-state index in [2.05, 4.69) is 0 Å². The number of Topliss-reactive ketones (excluding diaryl/α,β-unsaturated/α-hetero) is 1. The number of benzene rings is 1. The second-order valence-corrected chi connectivity index (χ2v) is 4.35. The van der Waals surface area contributed by atoms with Gasteiger partial charge in [0.2, 0.25) is 5.91 Å². The number of aryl methyl sites for hydroxylation is 1. The molecule has 1 aliphatic rings. The predicted molar refractivity (Wildman–Crippen MR) is 66.4 cm³/mol. The maximum atomic E-state index is 12.1. The van der Waals surface area contributed by atoms with Crippen LogP contribution in [0.4, 0.5) is 10.5 Å². The second-order valence-electron chi connectivity index (χ2n) is 4.35. The van der Waals surface area contributed by atoms with Gasteiger partial charge in [0.15, 0.2) is 11.7 Å². The summed E-state index contributed by atoms with van der Waals surface area (Å²) in [5.74, 6) is -3.73. The minimum Gasteiger partial charge on any atom is -0.299 e. The van der Waals surface area contributed by atoms with Crippen molar-refractivity contribution in [3.05, 3.63) is 29.8 Å². The molecular weight excluding hydrogens is 248 g/mol. The lowest BCUT2D eigenvalue weighted by atomic mass is 10.00. The average Bonchev–Trinajstić information content (AvgIpc) is 2.30. The zero-order chi connectivity index (χ0) is 14.2. The van der Waals surface area contributed by atoms with Crippen molar-refractivity contribution in [1.82, 2.24) is 5.32 Å². The number of hydrogen-bond acceptors (Lipinski definition) is 4. The summed E-state index contributed by atoms with van der Waals surface area (Å²) < 4.78 is 0. The van der Waals surface area contributed by atoms with Gasteiger partial charge in [0.1, 0.15) is 0 Å². The third-order valence-corrected chi connectivity index (χ3v) is 2.86. The van der Waals surface area contributed by atoms with Gasteiger partial charge in [-0.1, -0.05) is 17.7 Å². The number of imide groups is 2. The Morgan fingerprint density at radius 2 is 1.74 bits per heavy atom. The normalized spacial score (nSPS) is 19.4. The van der Waals surface area contributed by atoms with Gasteiger partial charge in [-0.25, -0.2) is 9.69 Å². The van der Waals surface area contributed by atoms with E-state index in [9.17, 15) is 19.2 Å². The highest BCUT2D eigenvalue weighted by atomic mass is 16.2. The van der Waals surface area contributed by atoms with Gasteiger partial charge in [-0.2, -0.15) is 0 Å². The highest BCUT2D eigenvalue weighted by molar-refractivity contribution is 6.34. The number of anilines is 1. The van der Waals surface area contributed by atoms with Crippen molar-refractivity contribution in [3.63, 3.8) is 0 Å². The molecule has 1 fully saturated rings. The highest BCUT2D eigenvalue weighted by Gasteiger charge is 2.43. The standard InChI is InChI=1S/C13H12N2O4/c1-7-3-5-9(6-4-7)15-12(18)10(8(2)16)11(17)14-13(15)19/h3-6,10H,1-2H3,(H,14,17,19). The summed E-state index contributed by atoms with van der Waals surface area (Å²) >= 11 is 0. The zero-order valence-electron chi connectivity index (χ0n) is 10.5. The third kappa shape index (κ3) is 2.24. The Morgan fingerprint density at radius 1 is 1.16 bits per heavy atom. The fourth-order valence-corrected chi connectivity index (χ4v) is 1.87. The molecule has 1 heterocycles. The lowest BCUT2D eigenvalue weighted by Crippen LogP contribution is -2.59. The number of amides is 4. The van der Waals surface area contributed by atoms with E-state index in [-0.39, 0.29) is 0 Å². The summed E-state index contributed by atoms with van der Waals surface area (Å²) in [5, 5.41) is 2.01. The molecule has 1 atom stereocenters. The summed E-state index contributed by atoms with van der Waals surface area (Å²) in [6.45, 7) is 3.01. The molecule has 98 valence electrons. The van der Waals surface area contributed by atoms with E-state index in [0.29, 0.717) is 5.69 Å². The quantitative estimate of drug-likeness (QED) is 0.796. The van der Waals surface area contributed by atoms with Crippen LogP contribution in [0.1, 0.15) is 12.5 Å². The largest absolute Gasteiger partial charge is 0.335 e. The number of rotatable bonds is 2. The van der Waals surface area contributed by atoms with Gasteiger partial charge in [0.25, 0.3) is 5.91 Å². The van der Waals surface area contributed by atoms with Gasteiger partial charge in [-0.3, -0.25) is 19.7 Å². The number of nitrogens with zero attached hydrogens (tertiary/aromatic N) is 1. The molecule has 2 rings (SSSR count). The molecule has 0 spiro atoms. The van der Waals surface area contributed by atoms with Crippen LogP contribution in [-0.4, -0.2) is 23.6 Å². The van der Waals surface area contributed by atoms with Gasteiger partial charge in [0.05, 0.1) is 5.69 Å². The molecule has 1 N–H and O–H groups in total.